The molecule has 0 amide bonds. The van der Waals surface area contributed by atoms with E-state index in [9.17, 15) is 9.90 Å². The van der Waals surface area contributed by atoms with E-state index in [0.717, 1.165) is 12.2 Å². The first-order chi connectivity index (χ1) is 7.54. The number of aliphatic hydroxyl groups excluding tert-OH is 1. The Morgan fingerprint density at radius 3 is 2.88 bits per heavy atom. The Morgan fingerprint density at radius 1 is 1.62 bits per heavy atom. The standard InChI is InChI=1S/C11H18N2O3/c1-8(2)7-13-9(4-5-12-13)6-10(14)11(15)16-3/h4-5,8,10,14H,6-7H2,1-3H3. The second kappa shape index (κ2) is 5.65. The lowest BCUT2D eigenvalue weighted by Gasteiger charge is -2.12. The Kier molecular flexibility index (Phi) is 4.49. The molecular weight excluding hydrogens is 208 g/mol. The Labute approximate surface area is 95.0 Å². The monoisotopic (exact) mass is 226 g/mol. The Balaban J connectivity index is 2.66. The number of ether oxygens (including phenoxy) is 1. The van der Waals surface area contributed by atoms with E-state index in [2.05, 4.69) is 23.7 Å². The zero-order valence-electron chi connectivity index (χ0n) is 9.88. The van der Waals surface area contributed by atoms with Crippen molar-refractivity contribution in [3.05, 3.63) is 18.0 Å². The van der Waals surface area contributed by atoms with Crippen LogP contribution in [0.1, 0.15) is 19.5 Å². The van der Waals surface area contributed by atoms with E-state index in [4.69, 9.17) is 0 Å². The van der Waals surface area contributed by atoms with Crippen LogP contribution < -0.4 is 0 Å². The molecule has 0 saturated heterocycles. The predicted molar refractivity (Wildman–Crippen MR) is 58.8 cm³/mol. The van der Waals surface area contributed by atoms with Gasteiger partial charge in [-0.25, -0.2) is 4.79 Å². The maximum Gasteiger partial charge on any atom is 0.335 e. The molecule has 0 aliphatic heterocycles. The molecule has 1 unspecified atom stereocenters. The van der Waals surface area contributed by atoms with Crippen molar-refractivity contribution < 1.29 is 14.6 Å². The van der Waals surface area contributed by atoms with Gasteiger partial charge >= 0.3 is 5.97 Å². The molecule has 1 N–H and O–H groups in total. The second-order valence-corrected chi connectivity index (χ2v) is 4.14. The normalized spacial score (nSPS) is 12.8. The molecular formula is C11H18N2O3. The smallest absolute Gasteiger partial charge is 0.335 e. The third kappa shape index (κ3) is 3.34. The average molecular weight is 226 g/mol. The molecule has 0 aliphatic rings. The molecule has 1 heterocycles. The summed E-state index contributed by atoms with van der Waals surface area (Å²) in [5.41, 5.74) is 0.839. The Bertz CT molecular complexity index is 347. The van der Waals surface area contributed by atoms with Crippen molar-refractivity contribution in [1.29, 1.82) is 0 Å². The Morgan fingerprint density at radius 2 is 2.31 bits per heavy atom. The highest BCUT2D eigenvalue weighted by Gasteiger charge is 2.18. The number of hydrogen-bond donors (Lipinski definition) is 1. The number of aromatic nitrogens is 2. The summed E-state index contributed by atoms with van der Waals surface area (Å²) in [6.45, 7) is 4.95. The third-order valence-electron chi connectivity index (χ3n) is 2.22. The lowest BCUT2D eigenvalue weighted by Crippen LogP contribution is -2.25. The number of nitrogens with zero attached hydrogens (tertiary/aromatic N) is 2. The van der Waals surface area contributed by atoms with Crippen LogP contribution in [0.15, 0.2) is 12.3 Å². The van der Waals surface area contributed by atoms with Crippen LogP contribution in [0.5, 0.6) is 0 Å². The average Bonchev–Trinajstić information content (AvgIpc) is 2.63. The molecule has 0 fully saturated rings. The molecule has 0 bridgehead atoms. The van der Waals surface area contributed by atoms with Gasteiger partial charge in [-0.1, -0.05) is 13.8 Å². The minimum Gasteiger partial charge on any atom is -0.467 e. The fourth-order valence-corrected chi connectivity index (χ4v) is 1.46. The number of carbonyl (C=O) groups is 1. The topological polar surface area (TPSA) is 64.3 Å². The van der Waals surface area contributed by atoms with Crippen LogP contribution in [-0.4, -0.2) is 34.1 Å². The molecule has 0 radical (unpaired) electrons. The summed E-state index contributed by atoms with van der Waals surface area (Å²) < 4.78 is 6.27. The van der Waals surface area contributed by atoms with Gasteiger partial charge in [0.25, 0.3) is 0 Å². The van der Waals surface area contributed by atoms with Gasteiger partial charge in [0.2, 0.25) is 0 Å². The quantitative estimate of drug-likeness (QED) is 0.747. The number of esters is 1. The van der Waals surface area contributed by atoms with Gasteiger partial charge in [-0.05, 0) is 12.0 Å². The van der Waals surface area contributed by atoms with Crippen LogP contribution in [0.3, 0.4) is 0 Å². The van der Waals surface area contributed by atoms with E-state index >= 15 is 0 Å². The van der Waals surface area contributed by atoms with Gasteiger partial charge in [0, 0.05) is 24.9 Å². The van der Waals surface area contributed by atoms with E-state index in [1.165, 1.54) is 7.11 Å². The van der Waals surface area contributed by atoms with E-state index < -0.39 is 12.1 Å². The zero-order valence-corrected chi connectivity index (χ0v) is 9.88. The number of rotatable bonds is 5. The number of methoxy groups -OCH3 is 1. The van der Waals surface area contributed by atoms with Crippen LogP contribution in [0.4, 0.5) is 0 Å². The molecule has 0 aromatic carbocycles. The molecule has 0 spiro atoms. The molecule has 5 nitrogen and oxygen atoms in total. The molecule has 0 aliphatic carbocycles. The third-order valence-corrected chi connectivity index (χ3v) is 2.22. The molecule has 90 valence electrons. The van der Waals surface area contributed by atoms with Crippen molar-refractivity contribution in [2.45, 2.75) is 32.9 Å². The first-order valence-electron chi connectivity index (χ1n) is 5.31. The molecule has 0 saturated carbocycles. The van der Waals surface area contributed by atoms with Gasteiger partial charge < -0.3 is 9.84 Å². The van der Waals surface area contributed by atoms with E-state index in [0.29, 0.717) is 5.92 Å². The van der Waals surface area contributed by atoms with Crippen LogP contribution in [0.25, 0.3) is 0 Å². The SMILES string of the molecule is COC(=O)C(O)Cc1ccnn1CC(C)C. The van der Waals surface area contributed by atoms with Crippen LogP contribution in [0.2, 0.25) is 0 Å². The highest BCUT2D eigenvalue weighted by Crippen LogP contribution is 2.07. The summed E-state index contributed by atoms with van der Waals surface area (Å²) in [6, 6.07) is 1.80. The minimum absolute atomic E-state index is 0.236. The number of aliphatic hydroxyl groups is 1. The van der Waals surface area contributed by atoms with E-state index in [1.54, 1.807) is 16.9 Å². The minimum atomic E-state index is -1.12. The zero-order chi connectivity index (χ0) is 12.1. The van der Waals surface area contributed by atoms with Gasteiger partial charge in [0.15, 0.2) is 6.10 Å². The van der Waals surface area contributed by atoms with Crippen molar-refractivity contribution in [2.75, 3.05) is 7.11 Å². The summed E-state index contributed by atoms with van der Waals surface area (Å²) >= 11 is 0. The van der Waals surface area contributed by atoms with Crippen molar-refractivity contribution in [3.8, 4) is 0 Å². The summed E-state index contributed by atoms with van der Waals surface area (Å²) in [7, 11) is 1.26. The maximum atomic E-state index is 11.1. The molecule has 1 aromatic rings. The molecule has 1 rings (SSSR count). The fourth-order valence-electron chi connectivity index (χ4n) is 1.46. The van der Waals surface area contributed by atoms with Crippen LogP contribution >= 0.6 is 0 Å². The summed E-state index contributed by atoms with van der Waals surface area (Å²) in [5.74, 6) is -0.147. The lowest BCUT2D eigenvalue weighted by atomic mass is 10.2. The van der Waals surface area contributed by atoms with Crippen LogP contribution in [0, 0.1) is 5.92 Å². The number of hydrogen-bond acceptors (Lipinski definition) is 4. The highest BCUT2D eigenvalue weighted by molar-refractivity contribution is 5.74. The van der Waals surface area contributed by atoms with Gasteiger partial charge in [-0.3, -0.25) is 4.68 Å². The maximum absolute atomic E-state index is 11.1. The molecule has 1 atom stereocenters. The van der Waals surface area contributed by atoms with Gasteiger partial charge in [0.05, 0.1) is 7.11 Å². The van der Waals surface area contributed by atoms with Gasteiger partial charge in [-0.15, -0.1) is 0 Å². The predicted octanol–water partition coefficient (Wildman–Crippen LogP) is 0.615. The van der Waals surface area contributed by atoms with Gasteiger partial charge in [0.1, 0.15) is 0 Å². The van der Waals surface area contributed by atoms with Crippen molar-refractivity contribution in [1.82, 2.24) is 9.78 Å². The number of carbonyl (C=O) groups excluding carboxylic acids is 1. The van der Waals surface area contributed by atoms with Gasteiger partial charge in [-0.2, -0.15) is 5.10 Å². The highest BCUT2D eigenvalue weighted by atomic mass is 16.5. The largest absolute Gasteiger partial charge is 0.467 e. The molecule has 16 heavy (non-hydrogen) atoms. The summed E-state index contributed by atoms with van der Waals surface area (Å²) in [5, 5.41) is 13.7. The first-order valence-corrected chi connectivity index (χ1v) is 5.31. The summed E-state index contributed by atoms with van der Waals surface area (Å²) in [6.07, 6.45) is 0.786. The Hall–Kier alpha value is -1.36. The first kappa shape index (κ1) is 12.7. The van der Waals surface area contributed by atoms with E-state index in [1.807, 2.05) is 0 Å². The van der Waals surface area contributed by atoms with E-state index in [-0.39, 0.29) is 6.42 Å². The fraction of sp³-hybridized carbons (Fsp3) is 0.636. The molecule has 5 heteroatoms. The lowest BCUT2D eigenvalue weighted by molar-refractivity contribution is -0.150. The van der Waals surface area contributed by atoms with Crippen molar-refractivity contribution >= 4 is 5.97 Å². The van der Waals surface area contributed by atoms with Crippen molar-refractivity contribution in [3.63, 3.8) is 0 Å². The van der Waals surface area contributed by atoms with Crippen LogP contribution in [-0.2, 0) is 22.5 Å². The second-order valence-electron chi connectivity index (χ2n) is 4.14. The van der Waals surface area contributed by atoms with Crippen molar-refractivity contribution in [2.24, 2.45) is 5.92 Å². The molecule has 1 aromatic heterocycles. The summed E-state index contributed by atoms with van der Waals surface area (Å²) in [4.78, 5) is 11.1.